The zero-order valence-corrected chi connectivity index (χ0v) is 10.6. The third-order valence-corrected chi connectivity index (χ3v) is 3.08. The average molecular weight is 254 g/mol. The molecule has 3 rings (SSSR count). The zero-order chi connectivity index (χ0) is 13.2. The van der Waals surface area contributed by atoms with Gasteiger partial charge >= 0.3 is 0 Å². The Morgan fingerprint density at radius 1 is 1.26 bits per heavy atom. The SMILES string of the molecule is Cc1cccc(NC(=O)C2Cc3ccccc3O2)n1. The lowest BCUT2D eigenvalue weighted by molar-refractivity contribution is -0.122. The van der Waals surface area contributed by atoms with Crippen molar-refractivity contribution in [1.29, 1.82) is 0 Å². The minimum Gasteiger partial charge on any atom is -0.480 e. The van der Waals surface area contributed by atoms with Gasteiger partial charge in [0, 0.05) is 12.1 Å². The third kappa shape index (κ3) is 2.42. The quantitative estimate of drug-likeness (QED) is 0.894. The van der Waals surface area contributed by atoms with Gasteiger partial charge in [-0.1, -0.05) is 24.3 Å². The Labute approximate surface area is 111 Å². The Bertz CT molecular complexity index is 600. The summed E-state index contributed by atoms with van der Waals surface area (Å²) < 4.78 is 5.63. The fraction of sp³-hybridized carbons (Fsp3) is 0.200. The van der Waals surface area contributed by atoms with Gasteiger partial charge in [0.1, 0.15) is 11.6 Å². The Balaban J connectivity index is 1.70. The van der Waals surface area contributed by atoms with E-state index in [2.05, 4.69) is 10.3 Å². The molecule has 0 saturated heterocycles. The summed E-state index contributed by atoms with van der Waals surface area (Å²) in [6.45, 7) is 1.89. The molecule has 4 nitrogen and oxygen atoms in total. The summed E-state index contributed by atoms with van der Waals surface area (Å²) in [6, 6.07) is 13.2. The van der Waals surface area contributed by atoms with Crippen molar-refractivity contribution in [3.8, 4) is 5.75 Å². The number of para-hydroxylation sites is 1. The van der Waals surface area contributed by atoms with Crippen LogP contribution >= 0.6 is 0 Å². The summed E-state index contributed by atoms with van der Waals surface area (Å²) in [7, 11) is 0. The minimum atomic E-state index is -0.472. The smallest absolute Gasteiger partial charge is 0.266 e. The molecule has 1 amide bonds. The summed E-state index contributed by atoms with van der Waals surface area (Å²) in [5.74, 6) is 1.19. The number of aryl methyl sites for hydroxylation is 1. The number of fused-ring (bicyclic) bond motifs is 1. The normalized spacial score (nSPS) is 16.6. The van der Waals surface area contributed by atoms with Crippen LogP contribution in [0.1, 0.15) is 11.3 Å². The zero-order valence-electron chi connectivity index (χ0n) is 10.6. The topological polar surface area (TPSA) is 51.2 Å². The number of anilines is 1. The molecule has 1 aromatic heterocycles. The molecular weight excluding hydrogens is 240 g/mol. The number of nitrogens with one attached hydrogen (secondary N) is 1. The van der Waals surface area contributed by atoms with Crippen molar-refractivity contribution in [1.82, 2.24) is 4.98 Å². The molecule has 1 atom stereocenters. The highest BCUT2D eigenvalue weighted by Crippen LogP contribution is 2.28. The number of benzene rings is 1. The lowest BCUT2D eigenvalue weighted by Crippen LogP contribution is -2.31. The van der Waals surface area contributed by atoms with E-state index in [1.54, 1.807) is 6.07 Å². The molecule has 1 aliphatic heterocycles. The highest BCUT2D eigenvalue weighted by Gasteiger charge is 2.28. The summed E-state index contributed by atoms with van der Waals surface area (Å²) >= 11 is 0. The molecule has 0 spiro atoms. The van der Waals surface area contributed by atoms with Crippen LogP contribution in [0.4, 0.5) is 5.82 Å². The molecule has 4 heteroatoms. The predicted octanol–water partition coefficient (Wildman–Crippen LogP) is 2.33. The summed E-state index contributed by atoms with van der Waals surface area (Å²) in [6.07, 6.45) is 0.132. The highest BCUT2D eigenvalue weighted by molar-refractivity contribution is 5.94. The first kappa shape index (κ1) is 11.7. The van der Waals surface area contributed by atoms with Gasteiger partial charge in [-0.3, -0.25) is 4.79 Å². The molecule has 0 aliphatic carbocycles. The summed E-state index contributed by atoms with van der Waals surface area (Å²) in [4.78, 5) is 16.4. The van der Waals surface area contributed by atoms with E-state index in [0.29, 0.717) is 12.2 Å². The number of hydrogen-bond acceptors (Lipinski definition) is 3. The van der Waals surface area contributed by atoms with Crippen LogP contribution in [0.5, 0.6) is 5.75 Å². The maximum atomic E-state index is 12.1. The average Bonchev–Trinajstić information content (AvgIpc) is 2.82. The Kier molecular flexibility index (Phi) is 2.91. The van der Waals surface area contributed by atoms with Gasteiger partial charge < -0.3 is 10.1 Å². The van der Waals surface area contributed by atoms with E-state index >= 15 is 0 Å². The maximum Gasteiger partial charge on any atom is 0.266 e. The number of pyridine rings is 1. The number of carbonyl (C=O) groups excluding carboxylic acids is 1. The van der Waals surface area contributed by atoms with Gasteiger partial charge in [-0.2, -0.15) is 0 Å². The molecule has 0 saturated carbocycles. The molecule has 96 valence electrons. The largest absolute Gasteiger partial charge is 0.480 e. The standard InChI is InChI=1S/C15H14N2O2/c1-10-5-4-8-14(16-10)17-15(18)13-9-11-6-2-3-7-12(11)19-13/h2-8,13H,9H2,1H3,(H,16,17,18). The first-order chi connectivity index (χ1) is 9.22. The van der Waals surface area contributed by atoms with Crippen molar-refractivity contribution in [2.75, 3.05) is 5.32 Å². The fourth-order valence-corrected chi connectivity index (χ4v) is 2.15. The summed E-state index contributed by atoms with van der Waals surface area (Å²) in [5.41, 5.74) is 1.94. The van der Waals surface area contributed by atoms with Crippen LogP contribution in [-0.2, 0) is 11.2 Å². The molecule has 19 heavy (non-hydrogen) atoms. The third-order valence-electron chi connectivity index (χ3n) is 3.08. The molecule has 0 fully saturated rings. The number of aromatic nitrogens is 1. The monoisotopic (exact) mass is 254 g/mol. The van der Waals surface area contributed by atoms with Gasteiger partial charge in [0.05, 0.1) is 0 Å². The Morgan fingerprint density at radius 2 is 2.11 bits per heavy atom. The van der Waals surface area contributed by atoms with E-state index in [1.807, 2.05) is 43.3 Å². The van der Waals surface area contributed by atoms with Gasteiger partial charge in [-0.15, -0.1) is 0 Å². The van der Waals surface area contributed by atoms with E-state index in [9.17, 15) is 4.79 Å². The number of carbonyl (C=O) groups is 1. The number of hydrogen-bond donors (Lipinski definition) is 1. The van der Waals surface area contributed by atoms with Crippen molar-refractivity contribution < 1.29 is 9.53 Å². The first-order valence-corrected chi connectivity index (χ1v) is 6.21. The first-order valence-electron chi connectivity index (χ1n) is 6.21. The van der Waals surface area contributed by atoms with Crippen LogP contribution in [-0.4, -0.2) is 17.0 Å². The fourth-order valence-electron chi connectivity index (χ4n) is 2.15. The Hall–Kier alpha value is -2.36. The van der Waals surface area contributed by atoms with E-state index in [-0.39, 0.29) is 5.91 Å². The highest BCUT2D eigenvalue weighted by atomic mass is 16.5. The minimum absolute atomic E-state index is 0.158. The van der Waals surface area contributed by atoms with Crippen LogP contribution in [0.3, 0.4) is 0 Å². The van der Waals surface area contributed by atoms with Crippen molar-refractivity contribution in [2.45, 2.75) is 19.4 Å². The molecular formula is C15H14N2O2. The van der Waals surface area contributed by atoms with Crippen molar-refractivity contribution in [3.63, 3.8) is 0 Å². The lowest BCUT2D eigenvalue weighted by Gasteiger charge is -2.11. The second-order valence-electron chi connectivity index (χ2n) is 4.57. The van der Waals surface area contributed by atoms with Gasteiger partial charge in [0.2, 0.25) is 0 Å². The van der Waals surface area contributed by atoms with E-state index in [0.717, 1.165) is 17.0 Å². The molecule has 2 heterocycles. The molecule has 0 bridgehead atoms. The second kappa shape index (κ2) is 4.72. The van der Waals surface area contributed by atoms with E-state index in [1.165, 1.54) is 0 Å². The van der Waals surface area contributed by atoms with Crippen molar-refractivity contribution in [3.05, 3.63) is 53.7 Å². The van der Waals surface area contributed by atoms with Gasteiger partial charge in [0.15, 0.2) is 6.10 Å². The molecule has 1 N–H and O–H groups in total. The van der Waals surface area contributed by atoms with E-state index < -0.39 is 6.10 Å². The number of amides is 1. The number of ether oxygens (including phenoxy) is 1. The van der Waals surface area contributed by atoms with Crippen LogP contribution in [0.25, 0.3) is 0 Å². The van der Waals surface area contributed by atoms with Crippen molar-refractivity contribution in [2.24, 2.45) is 0 Å². The van der Waals surface area contributed by atoms with Crippen molar-refractivity contribution >= 4 is 11.7 Å². The molecule has 0 radical (unpaired) electrons. The van der Waals surface area contributed by atoms with Crippen LogP contribution in [0.15, 0.2) is 42.5 Å². The number of nitrogens with zero attached hydrogens (tertiary/aromatic N) is 1. The molecule has 1 aliphatic rings. The summed E-state index contributed by atoms with van der Waals surface area (Å²) in [5, 5.41) is 2.78. The van der Waals surface area contributed by atoms with Crippen LogP contribution in [0.2, 0.25) is 0 Å². The molecule has 2 aromatic rings. The molecule has 1 aromatic carbocycles. The predicted molar refractivity (Wildman–Crippen MR) is 72.2 cm³/mol. The lowest BCUT2D eigenvalue weighted by atomic mass is 10.1. The van der Waals surface area contributed by atoms with Crippen LogP contribution in [0, 0.1) is 6.92 Å². The van der Waals surface area contributed by atoms with Gasteiger partial charge in [-0.25, -0.2) is 4.98 Å². The second-order valence-corrected chi connectivity index (χ2v) is 4.57. The maximum absolute atomic E-state index is 12.1. The van der Waals surface area contributed by atoms with Gasteiger partial charge in [-0.05, 0) is 30.7 Å². The number of rotatable bonds is 2. The van der Waals surface area contributed by atoms with Gasteiger partial charge in [0.25, 0.3) is 5.91 Å². The Morgan fingerprint density at radius 3 is 2.89 bits per heavy atom. The molecule has 1 unspecified atom stereocenters. The van der Waals surface area contributed by atoms with Crippen LogP contribution < -0.4 is 10.1 Å². The van der Waals surface area contributed by atoms with E-state index in [4.69, 9.17) is 4.74 Å².